The molecule has 1 saturated carbocycles. The Kier molecular flexibility index (Phi) is 7.54. The second-order valence-electron chi connectivity index (χ2n) is 9.31. The molecule has 0 unspecified atom stereocenters. The van der Waals surface area contributed by atoms with Gasteiger partial charge in [-0.1, -0.05) is 31.9 Å². The van der Waals surface area contributed by atoms with Gasteiger partial charge in [0.2, 0.25) is 5.91 Å². The van der Waals surface area contributed by atoms with Gasteiger partial charge in [0, 0.05) is 41.2 Å². The molecule has 1 heterocycles. The third kappa shape index (κ3) is 5.56. The van der Waals surface area contributed by atoms with Gasteiger partial charge in [-0.2, -0.15) is 0 Å². The summed E-state index contributed by atoms with van der Waals surface area (Å²) in [5.41, 5.74) is 3.11. The van der Waals surface area contributed by atoms with Crippen LogP contribution in [0.25, 0.3) is 10.9 Å². The first-order chi connectivity index (χ1) is 16.9. The molecule has 0 aliphatic heterocycles. The van der Waals surface area contributed by atoms with E-state index in [0.717, 1.165) is 35.7 Å². The van der Waals surface area contributed by atoms with Crippen LogP contribution in [-0.4, -0.2) is 34.4 Å². The van der Waals surface area contributed by atoms with Crippen molar-refractivity contribution in [2.24, 2.45) is 5.92 Å². The zero-order valence-electron chi connectivity index (χ0n) is 20.3. The Bertz CT molecular complexity index is 1250. The molecule has 1 aliphatic carbocycles. The number of nitrogens with zero attached hydrogens (tertiary/aromatic N) is 1. The molecule has 7 heteroatoms. The van der Waals surface area contributed by atoms with Crippen molar-refractivity contribution >= 4 is 34.3 Å². The van der Waals surface area contributed by atoms with E-state index < -0.39 is 5.97 Å². The van der Waals surface area contributed by atoms with Crippen molar-refractivity contribution in [3.8, 4) is 5.75 Å². The minimum atomic E-state index is -1.02. The van der Waals surface area contributed by atoms with E-state index in [0.29, 0.717) is 42.3 Å². The number of benzene rings is 2. The van der Waals surface area contributed by atoms with Gasteiger partial charge in [-0.3, -0.25) is 9.59 Å². The molecule has 184 valence electrons. The number of carboxylic acid groups (broad SMARTS) is 1. The first-order valence-electron chi connectivity index (χ1n) is 12.3. The Morgan fingerprint density at radius 1 is 1.11 bits per heavy atom. The van der Waals surface area contributed by atoms with Crippen molar-refractivity contribution in [3.63, 3.8) is 0 Å². The number of hydrogen-bond acceptors (Lipinski definition) is 4. The first-order valence-corrected chi connectivity index (χ1v) is 12.3. The van der Waals surface area contributed by atoms with E-state index in [1.165, 1.54) is 26.0 Å². The SMILES string of the molecule is CCCC(=O)c1cn(Cc2ccc(C(=O)O)cc2OC)c2cc(NC(=O)CC3CCCC3)ccc12. The number of fused-ring (bicyclic) bond motifs is 1. The fraction of sp³-hybridized carbons (Fsp3) is 0.393. The van der Waals surface area contributed by atoms with E-state index in [4.69, 9.17) is 4.74 Å². The van der Waals surface area contributed by atoms with Gasteiger partial charge in [-0.25, -0.2) is 4.79 Å². The standard InChI is InChI=1S/C28H32N2O5/c1-3-6-25(31)23-17-30(16-20-10-9-19(28(33)34)14-26(20)35-2)24-15-21(11-12-22(23)24)29-27(32)13-18-7-4-5-8-18/h9-12,14-15,17-18H,3-8,13,16H2,1-2H3,(H,29,32)(H,33,34). The zero-order chi connectivity index (χ0) is 24.9. The summed E-state index contributed by atoms with van der Waals surface area (Å²) in [6.07, 6.45) is 8.21. The number of Topliss-reactive ketones (excluding diaryl/α,β-unsaturated/α-hetero) is 1. The molecule has 1 fully saturated rings. The minimum Gasteiger partial charge on any atom is -0.496 e. The summed E-state index contributed by atoms with van der Waals surface area (Å²) in [5.74, 6) is -0.00645. The molecule has 1 aliphatic rings. The predicted molar refractivity (Wildman–Crippen MR) is 135 cm³/mol. The summed E-state index contributed by atoms with van der Waals surface area (Å²) in [6.45, 7) is 2.36. The van der Waals surface area contributed by atoms with Crippen molar-refractivity contribution in [2.45, 2.75) is 58.4 Å². The number of rotatable bonds is 10. The number of methoxy groups -OCH3 is 1. The smallest absolute Gasteiger partial charge is 0.335 e. The lowest BCUT2D eigenvalue weighted by Gasteiger charge is -2.13. The maximum Gasteiger partial charge on any atom is 0.335 e. The van der Waals surface area contributed by atoms with Crippen LogP contribution in [0.5, 0.6) is 5.75 Å². The molecular formula is C28H32N2O5. The number of amides is 1. The molecule has 0 saturated heterocycles. The lowest BCUT2D eigenvalue weighted by molar-refractivity contribution is -0.117. The Balaban J connectivity index is 1.68. The summed E-state index contributed by atoms with van der Waals surface area (Å²) in [5, 5.41) is 13.2. The largest absolute Gasteiger partial charge is 0.496 e. The van der Waals surface area contributed by atoms with Crippen LogP contribution in [-0.2, 0) is 11.3 Å². The highest BCUT2D eigenvalue weighted by Gasteiger charge is 2.20. The summed E-state index contributed by atoms with van der Waals surface area (Å²) in [4.78, 5) is 36.8. The fourth-order valence-corrected chi connectivity index (χ4v) is 4.96. The summed E-state index contributed by atoms with van der Waals surface area (Å²) in [6, 6.07) is 10.4. The van der Waals surface area contributed by atoms with Crippen LogP contribution in [0.15, 0.2) is 42.6 Å². The van der Waals surface area contributed by atoms with Crippen LogP contribution in [0.2, 0.25) is 0 Å². The summed E-state index contributed by atoms with van der Waals surface area (Å²) >= 11 is 0. The van der Waals surface area contributed by atoms with Crippen LogP contribution in [0.4, 0.5) is 5.69 Å². The molecule has 2 N–H and O–H groups in total. The Morgan fingerprint density at radius 3 is 2.57 bits per heavy atom. The van der Waals surface area contributed by atoms with Crippen LogP contribution in [0.1, 0.15) is 78.1 Å². The third-order valence-corrected chi connectivity index (χ3v) is 6.77. The number of nitrogens with one attached hydrogen (secondary N) is 1. The van der Waals surface area contributed by atoms with Crippen LogP contribution < -0.4 is 10.1 Å². The van der Waals surface area contributed by atoms with Crippen LogP contribution >= 0.6 is 0 Å². The summed E-state index contributed by atoms with van der Waals surface area (Å²) in [7, 11) is 1.51. The summed E-state index contributed by atoms with van der Waals surface area (Å²) < 4.78 is 7.41. The second kappa shape index (κ2) is 10.8. The highest BCUT2D eigenvalue weighted by Crippen LogP contribution is 2.31. The van der Waals surface area contributed by atoms with Gasteiger partial charge in [-0.05, 0) is 49.4 Å². The van der Waals surface area contributed by atoms with Gasteiger partial charge < -0.3 is 19.7 Å². The van der Waals surface area contributed by atoms with Crippen molar-refractivity contribution < 1.29 is 24.2 Å². The molecule has 1 amide bonds. The van der Waals surface area contributed by atoms with Crippen molar-refractivity contribution in [2.75, 3.05) is 12.4 Å². The van der Waals surface area contributed by atoms with Gasteiger partial charge in [-0.15, -0.1) is 0 Å². The minimum absolute atomic E-state index is 0.0163. The van der Waals surface area contributed by atoms with Crippen molar-refractivity contribution in [1.82, 2.24) is 4.57 Å². The van der Waals surface area contributed by atoms with Crippen molar-refractivity contribution in [1.29, 1.82) is 0 Å². The van der Waals surface area contributed by atoms with Gasteiger partial charge in [0.15, 0.2) is 5.78 Å². The number of carbonyl (C=O) groups excluding carboxylic acids is 2. The van der Waals surface area contributed by atoms with E-state index in [1.54, 1.807) is 12.1 Å². The molecule has 0 spiro atoms. The number of aromatic carboxylic acids is 1. The number of aromatic nitrogens is 1. The van der Waals surface area contributed by atoms with E-state index in [1.807, 2.05) is 35.9 Å². The normalized spacial score (nSPS) is 13.8. The Morgan fingerprint density at radius 2 is 1.89 bits per heavy atom. The topological polar surface area (TPSA) is 97.6 Å². The quantitative estimate of drug-likeness (QED) is 0.355. The number of hydrogen-bond donors (Lipinski definition) is 2. The first kappa shape index (κ1) is 24.5. The van der Waals surface area contributed by atoms with E-state index in [2.05, 4.69) is 5.32 Å². The lowest BCUT2D eigenvalue weighted by atomic mass is 10.0. The lowest BCUT2D eigenvalue weighted by Crippen LogP contribution is -2.15. The second-order valence-corrected chi connectivity index (χ2v) is 9.31. The molecule has 35 heavy (non-hydrogen) atoms. The number of anilines is 1. The maximum absolute atomic E-state index is 12.9. The van der Waals surface area contributed by atoms with Gasteiger partial charge in [0.05, 0.1) is 24.7 Å². The van der Waals surface area contributed by atoms with Gasteiger partial charge >= 0.3 is 5.97 Å². The zero-order valence-corrected chi connectivity index (χ0v) is 20.3. The third-order valence-electron chi connectivity index (χ3n) is 6.77. The van der Waals surface area contributed by atoms with Crippen molar-refractivity contribution in [3.05, 3.63) is 59.3 Å². The number of carbonyl (C=O) groups is 3. The molecule has 1 aromatic heterocycles. The molecule has 2 aromatic carbocycles. The highest BCUT2D eigenvalue weighted by molar-refractivity contribution is 6.09. The molecule has 0 radical (unpaired) electrons. The predicted octanol–water partition coefficient (Wildman–Crippen LogP) is 5.90. The average molecular weight is 477 g/mol. The van der Waals surface area contributed by atoms with E-state index >= 15 is 0 Å². The number of carboxylic acids is 1. The Labute approximate surface area is 205 Å². The Hall–Kier alpha value is -3.61. The molecule has 0 atom stereocenters. The number of ether oxygens (including phenoxy) is 1. The fourth-order valence-electron chi connectivity index (χ4n) is 4.96. The average Bonchev–Trinajstić information content (AvgIpc) is 3.47. The van der Waals surface area contributed by atoms with Crippen LogP contribution in [0.3, 0.4) is 0 Å². The van der Waals surface area contributed by atoms with E-state index in [9.17, 15) is 19.5 Å². The maximum atomic E-state index is 12.9. The van der Waals surface area contributed by atoms with E-state index in [-0.39, 0.29) is 17.3 Å². The molecule has 0 bridgehead atoms. The number of ketones is 1. The van der Waals surface area contributed by atoms with Crippen LogP contribution in [0, 0.1) is 5.92 Å². The highest BCUT2D eigenvalue weighted by atomic mass is 16.5. The monoisotopic (exact) mass is 476 g/mol. The molecule has 4 rings (SSSR count). The van der Waals surface area contributed by atoms with Gasteiger partial charge in [0.25, 0.3) is 0 Å². The molecular weight excluding hydrogens is 444 g/mol. The van der Waals surface area contributed by atoms with Gasteiger partial charge in [0.1, 0.15) is 5.75 Å². The molecule has 3 aromatic rings. The molecule has 7 nitrogen and oxygen atoms in total.